The zero-order valence-corrected chi connectivity index (χ0v) is 16.1. The Morgan fingerprint density at radius 2 is 1.81 bits per heavy atom. The summed E-state index contributed by atoms with van der Waals surface area (Å²) in [4.78, 5) is 12.4. The number of nitrogens with one attached hydrogen (secondary N) is 1. The number of hydrogen-bond acceptors (Lipinski definition) is 4. The van der Waals surface area contributed by atoms with E-state index in [-0.39, 0.29) is 16.0 Å². The van der Waals surface area contributed by atoms with Crippen LogP contribution in [0.5, 0.6) is 0 Å². The first-order valence-electron chi connectivity index (χ1n) is 7.76. The molecule has 0 unspecified atom stereocenters. The van der Waals surface area contributed by atoms with Crippen LogP contribution in [-0.2, 0) is 10.0 Å². The van der Waals surface area contributed by atoms with Crippen molar-refractivity contribution in [2.24, 2.45) is 0 Å². The first kappa shape index (κ1) is 19.9. The van der Waals surface area contributed by atoms with Gasteiger partial charge >= 0.3 is 0 Å². The highest BCUT2D eigenvalue weighted by Crippen LogP contribution is 2.21. The Balaban J connectivity index is 2.19. The first-order valence-corrected chi connectivity index (χ1v) is 9.57. The van der Waals surface area contributed by atoms with Crippen LogP contribution >= 0.6 is 11.6 Å². The van der Waals surface area contributed by atoms with E-state index in [0.717, 1.165) is 0 Å². The van der Waals surface area contributed by atoms with Crippen molar-refractivity contribution >= 4 is 33.2 Å². The van der Waals surface area contributed by atoms with Crippen molar-refractivity contribution in [3.63, 3.8) is 0 Å². The minimum atomic E-state index is -3.60. The van der Waals surface area contributed by atoms with Gasteiger partial charge in [-0.25, -0.2) is 8.42 Å². The monoisotopic (exact) mass is 391 g/mol. The van der Waals surface area contributed by atoms with Crippen LogP contribution in [0.3, 0.4) is 0 Å². The lowest BCUT2D eigenvalue weighted by molar-refractivity contribution is 0.102. The molecule has 0 fully saturated rings. The molecule has 0 aliphatic carbocycles. The standard InChI is InChI=1S/C18H18ClN3O3S/c1-12(2)22(3)26(24,25)16-8-5-13(6-9-16)18(23)21-15-7-4-14(11-20)17(19)10-15/h4-10,12H,1-3H3,(H,21,23). The van der Waals surface area contributed by atoms with Gasteiger partial charge in [0.15, 0.2) is 0 Å². The van der Waals surface area contributed by atoms with Crippen LogP contribution in [-0.4, -0.2) is 31.7 Å². The van der Waals surface area contributed by atoms with Gasteiger partial charge in [0.2, 0.25) is 10.0 Å². The molecule has 0 saturated heterocycles. The number of halogens is 1. The van der Waals surface area contributed by atoms with Crippen LogP contribution in [0.4, 0.5) is 5.69 Å². The maximum atomic E-state index is 12.4. The van der Waals surface area contributed by atoms with Gasteiger partial charge in [-0.15, -0.1) is 0 Å². The van der Waals surface area contributed by atoms with E-state index in [1.165, 1.54) is 47.8 Å². The van der Waals surface area contributed by atoms with E-state index in [1.54, 1.807) is 19.9 Å². The lowest BCUT2D eigenvalue weighted by Gasteiger charge is -2.21. The molecule has 0 saturated carbocycles. The predicted octanol–water partition coefficient (Wildman–Crippen LogP) is 3.49. The number of amides is 1. The van der Waals surface area contributed by atoms with Crippen molar-refractivity contribution in [3.8, 4) is 6.07 Å². The Labute approximate surface area is 158 Å². The second-order valence-corrected chi connectivity index (χ2v) is 8.30. The Morgan fingerprint density at radius 3 is 2.31 bits per heavy atom. The molecule has 0 spiro atoms. The highest BCUT2D eigenvalue weighted by atomic mass is 35.5. The molecule has 2 aromatic rings. The highest BCUT2D eigenvalue weighted by Gasteiger charge is 2.23. The van der Waals surface area contributed by atoms with Crippen LogP contribution in [0.25, 0.3) is 0 Å². The van der Waals surface area contributed by atoms with Crippen molar-refractivity contribution in [2.45, 2.75) is 24.8 Å². The third-order valence-corrected chi connectivity index (χ3v) is 6.23. The molecule has 0 heterocycles. The van der Waals surface area contributed by atoms with E-state index < -0.39 is 15.9 Å². The summed E-state index contributed by atoms with van der Waals surface area (Å²) in [5, 5.41) is 11.8. The molecule has 8 heteroatoms. The minimum absolute atomic E-state index is 0.117. The maximum absolute atomic E-state index is 12.4. The molecule has 0 aliphatic heterocycles. The fourth-order valence-electron chi connectivity index (χ4n) is 2.11. The molecule has 0 radical (unpaired) electrons. The Morgan fingerprint density at radius 1 is 1.19 bits per heavy atom. The van der Waals surface area contributed by atoms with Gasteiger partial charge < -0.3 is 5.32 Å². The number of nitriles is 1. The highest BCUT2D eigenvalue weighted by molar-refractivity contribution is 7.89. The number of carbonyl (C=O) groups is 1. The zero-order chi connectivity index (χ0) is 19.5. The molecule has 0 aromatic heterocycles. The van der Waals surface area contributed by atoms with Crippen molar-refractivity contribution in [2.75, 3.05) is 12.4 Å². The molecule has 0 atom stereocenters. The number of rotatable bonds is 5. The van der Waals surface area contributed by atoms with Gasteiger partial charge in [-0.05, 0) is 56.3 Å². The van der Waals surface area contributed by atoms with Crippen LogP contribution in [0, 0.1) is 11.3 Å². The van der Waals surface area contributed by atoms with Crippen LogP contribution < -0.4 is 5.32 Å². The fraction of sp³-hybridized carbons (Fsp3) is 0.222. The molecule has 6 nitrogen and oxygen atoms in total. The summed E-state index contributed by atoms with van der Waals surface area (Å²) in [5.41, 5.74) is 1.06. The summed E-state index contributed by atoms with van der Waals surface area (Å²) >= 11 is 5.94. The van der Waals surface area contributed by atoms with Crippen LogP contribution in [0.15, 0.2) is 47.4 Å². The fourth-order valence-corrected chi connectivity index (χ4v) is 3.70. The van der Waals surface area contributed by atoms with Crippen molar-refractivity contribution in [1.29, 1.82) is 5.26 Å². The van der Waals surface area contributed by atoms with E-state index in [4.69, 9.17) is 16.9 Å². The van der Waals surface area contributed by atoms with Crippen LogP contribution in [0.2, 0.25) is 5.02 Å². The summed E-state index contributed by atoms with van der Waals surface area (Å²) in [7, 11) is -2.09. The molecule has 2 aromatic carbocycles. The number of hydrogen-bond donors (Lipinski definition) is 1. The van der Waals surface area contributed by atoms with Crippen molar-refractivity contribution in [3.05, 3.63) is 58.6 Å². The van der Waals surface area contributed by atoms with Gasteiger partial charge in [0.05, 0.1) is 15.5 Å². The molecule has 1 amide bonds. The van der Waals surface area contributed by atoms with E-state index in [9.17, 15) is 13.2 Å². The maximum Gasteiger partial charge on any atom is 0.255 e. The smallest absolute Gasteiger partial charge is 0.255 e. The summed E-state index contributed by atoms with van der Waals surface area (Å²) < 4.78 is 26.1. The molecule has 0 aliphatic rings. The van der Waals surface area contributed by atoms with E-state index in [1.807, 2.05) is 6.07 Å². The average molecular weight is 392 g/mol. The zero-order valence-electron chi connectivity index (χ0n) is 14.5. The normalized spacial score (nSPS) is 11.4. The second-order valence-electron chi connectivity index (χ2n) is 5.90. The number of nitrogens with zero attached hydrogens (tertiary/aromatic N) is 2. The molecule has 1 N–H and O–H groups in total. The molecule has 0 bridgehead atoms. The Bertz CT molecular complexity index is 964. The molecular formula is C18H18ClN3O3S. The third-order valence-electron chi connectivity index (χ3n) is 3.87. The van der Waals surface area contributed by atoms with E-state index in [2.05, 4.69) is 5.32 Å². The largest absolute Gasteiger partial charge is 0.322 e. The molecule has 136 valence electrons. The van der Waals surface area contributed by atoms with E-state index >= 15 is 0 Å². The quantitative estimate of drug-likeness (QED) is 0.844. The van der Waals surface area contributed by atoms with Gasteiger partial charge in [0.1, 0.15) is 6.07 Å². The topological polar surface area (TPSA) is 90.3 Å². The number of anilines is 1. The Kier molecular flexibility index (Phi) is 6.03. The Hall–Kier alpha value is -2.40. The van der Waals surface area contributed by atoms with Gasteiger partial charge in [-0.2, -0.15) is 9.57 Å². The van der Waals surface area contributed by atoms with Gasteiger partial charge in [0, 0.05) is 24.3 Å². The van der Waals surface area contributed by atoms with E-state index in [0.29, 0.717) is 16.8 Å². The van der Waals surface area contributed by atoms with Crippen LogP contribution in [0.1, 0.15) is 29.8 Å². The lowest BCUT2D eigenvalue weighted by Crippen LogP contribution is -2.33. The number of carbonyl (C=O) groups excluding carboxylic acids is 1. The van der Waals surface area contributed by atoms with Crippen molar-refractivity contribution in [1.82, 2.24) is 4.31 Å². The number of sulfonamides is 1. The average Bonchev–Trinajstić information content (AvgIpc) is 2.61. The third kappa shape index (κ3) is 4.22. The summed E-state index contributed by atoms with van der Waals surface area (Å²) in [6.45, 7) is 3.56. The molecule has 26 heavy (non-hydrogen) atoms. The molecular weight excluding hydrogens is 374 g/mol. The molecule has 2 rings (SSSR count). The van der Waals surface area contributed by atoms with Gasteiger partial charge in [-0.3, -0.25) is 4.79 Å². The van der Waals surface area contributed by atoms with Gasteiger partial charge in [-0.1, -0.05) is 11.6 Å². The second kappa shape index (κ2) is 7.87. The SMILES string of the molecule is CC(C)N(C)S(=O)(=O)c1ccc(C(=O)Nc2ccc(C#N)c(Cl)c2)cc1. The van der Waals surface area contributed by atoms with Gasteiger partial charge in [0.25, 0.3) is 5.91 Å². The minimum Gasteiger partial charge on any atom is -0.322 e. The summed E-state index contributed by atoms with van der Waals surface area (Å²) in [6, 6.07) is 12.0. The summed E-state index contributed by atoms with van der Waals surface area (Å²) in [5.74, 6) is -0.410. The van der Waals surface area contributed by atoms with Crippen molar-refractivity contribution < 1.29 is 13.2 Å². The lowest BCUT2D eigenvalue weighted by atomic mass is 10.2. The number of benzene rings is 2. The first-order chi connectivity index (χ1) is 12.2. The predicted molar refractivity (Wildman–Crippen MR) is 101 cm³/mol. The summed E-state index contributed by atoms with van der Waals surface area (Å²) in [6.07, 6.45) is 0.